The molecule has 0 bridgehead atoms. The van der Waals surface area contributed by atoms with Crippen LogP contribution in [0.3, 0.4) is 0 Å². The van der Waals surface area contributed by atoms with Crippen molar-refractivity contribution in [2.45, 2.75) is 38.8 Å². The molecule has 20 heavy (non-hydrogen) atoms. The van der Waals surface area contributed by atoms with E-state index in [0.717, 1.165) is 24.3 Å². The first-order valence-corrected chi connectivity index (χ1v) is 7.91. The van der Waals surface area contributed by atoms with Crippen molar-refractivity contribution in [2.75, 3.05) is 5.75 Å². The monoisotopic (exact) mass is 308 g/mol. The molecule has 0 aliphatic rings. The number of benzene rings is 1. The van der Waals surface area contributed by atoms with E-state index in [1.165, 1.54) is 0 Å². The lowest BCUT2D eigenvalue weighted by atomic mass is 9.83. The first-order chi connectivity index (χ1) is 8.86. The highest BCUT2D eigenvalue weighted by Gasteiger charge is 2.32. The van der Waals surface area contributed by atoms with Crippen molar-refractivity contribution in [3.05, 3.63) is 29.8 Å². The zero-order valence-corrected chi connectivity index (χ0v) is 12.8. The van der Waals surface area contributed by atoms with Crippen molar-refractivity contribution < 1.29 is 21.6 Å². The van der Waals surface area contributed by atoms with Gasteiger partial charge in [-0.3, -0.25) is 0 Å². The van der Waals surface area contributed by atoms with Crippen molar-refractivity contribution in [3.8, 4) is 0 Å². The largest absolute Gasteiger partial charge is 0.416 e. The normalized spacial score (nSPS) is 13.8. The van der Waals surface area contributed by atoms with Crippen LogP contribution in [0, 0.1) is 11.3 Å². The van der Waals surface area contributed by atoms with E-state index in [4.69, 9.17) is 0 Å². The van der Waals surface area contributed by atoms with Crippen LogP contribution in [0.2, 0.25) is 0 Å². The van der Waals surface area contributed by atoms with E-state index in [2.05, 4.69) is 0 Å². The summed E-state index contributed by atoms with van der Waals surface area (Å²) in [5.41, 5.74) is -1.29. The summed E-state index contributed by atoms with van der Waals surface area (Å²) in [4.78, 5) is -0.0702. The van der Waals surface area contributed by atoms with Gasteiger partial charge in [0.05, 0.1) is 16.2 Å². The molecule has 0 aliphatic heterocycles. The molecule has 0 radical (unpaired) electrons. The van der Waals surface area contributed by atoms with Crippen LogP contribution < -0.4 is 0 Å². The molecule has 0 amide bonds. The maximum Gasteiger partial charge on any atom is 0.416 e. The van der Waals surface area contributed by atoms with Crippen LogP contribution in [0.15, 0.2) is 29.2 Å². The molecule has 114 valence electrons. The summed E-state index contributed by atoms with van der Waals surface area (Å²) in [6.07, 6.45) is -4.46. The molecule has 0 aliphatic carbocycles. The van der Waals surface area contributed by atoms with E-state index >= 15 is 0 Å². The summed E-state index contributed by atoms with van der Waals surface area (Å²) in [5.74, 6) is 0.0509. The molecule has 6 heteroatoms. The minimum absolute atomic E-state index is 0.0702. The maximum absolute atomic E-state index is 12.4. The fourth-order valence-corrected chi connectivity index (χ4v) is 3.62. The summed E-state index contributed by atoms with van der Waals surface area (Å²) in [5, 5.41) is 0. The predicted octanol–water partition coefficient (Wildman–Crippen LogP) is 4.16. The molecule has 1 rings (SSSR count). The molecule has 0 atom stereocenters. The molecule has 0 saturated carbocycles. The van der Waals surface area contributed by atoms with Gasteiger partial charge in [0.25, 0.3) is 0 Å². The Kier molecular flexibility index (Phi) is 4.58. The minimum atomic E-state index is -4.46. The van der Waals surface area contributed by atoms with Gasteiger partial charge < -0.3 is 0 Å². The predicted molar refractivity (Wildman–Crippen MR) is 72.1 cm³/mol. The number of sulfone groups is 1. The minimum Gasteiger partial charge on any atom is -0.224 e. The zero-order valence-electron chi connectivity index (χ0n) is 12.0. The highest BCUT2D eigenvalue weighted by atomic mass is 32.2. The molecule has 0 fully saturated rings. The number of rotatable bonds is 4. The Hall–Kier alpha value is -1.04. The standard InChI is InChI=1S/C14H19F3O2S/c1-10(2)13(3,4)9-20(18,19)12-7-5-11(6-8-12)14(15,16)17/h5-8,10H,9H2,1-4H3. The highest BCUT2D eigenvalue weighted by Crippen LogP contribution is 2.32. The van der Waals surface area contributed by atoms with E-state index in [1.807, 2.05) is 27.7 Å². The summed E-state index contributed by atoms with van der Waals surface area (Å²) in [6.45, 7) is 7.50. The van der Waals surface area contributed by atoms with Gasteiger partial charge in [0.15, 0.2) is 9.84 Å². The van der Waals surface area contributed by atoms with Crippen molar-refractivity contribution in [1.82, 2.24) is 0 Å². The summed E-state index contributed by atoms with van der Waals surface area (Å²) < 4.78 is 61.8. The van der Waals surface area contributed by atoms with Gasteiger partial charge in [-0.05, 0) is 35.6 Å². The topological polar surface area (TPSA) is 34.1 Å². The van der Waals surface area contributed by atoms with E-state index in [-0.39, 0.29) is 16.6 Å². The van der Waals surface area contributed by atoms with Gasteiger partial charge in [-0.25, -0.2) is 8.42 Å². The van der Waals surface area contributed by atoms with E-state index in [1.54, 1.807) is 0 Å². The highest BCUT2D eigenvalue weighted by molar-refractivity contribution is 7.91. The van der Waals surface area contributed by atoms with Crippen molar-refractivity contribution in [2.24, 2.45) is 11.3 Å². The Balaban J connectivity index is 3.06. The van der Waals surface area contributed by atoms with Gasteiger partial charge >= 0.3 is 6.18 Å². The second-order valence-electron chi connectivity index (χ2n) is 5.92. The Labute approximate surface area is 117 Å². The molecule has 0 spiro atoms. The third kappa shape index (κ3) is 3.98. The smallest absolute Gasteiger partial charge is 0.224 e. The lowest BCUT2D eigenvalue weighted by Crippen LogP contribution is -2.29. The van der Waals surface area contributed by atoms with Gasteiger partial charge in [-0.15, -0.1) is 0 Å². The Morgan fingerprint density at radius 1 is 1.05 bits per heavy atom. The second-order valence-corrected chi connectivity index (χ2v) is 7.91. The number of halogens is 3. The molecule has 0 saturated heterocycles. The molecule has 0 heterocycles. The molecule has 2 nitrogen and oxygen atoms in total. The van der Waals surface area contributed by atoms with Gasteiger partial charge in [0.2, 0.25) is 0 Å². The van der Waals surface area contributed by atoms with Crippen molar-refractivity contribution in [1.29, 1.82) is 0 Å². The maximum atomic E-state index is 12.4. The van der Waals surface area contributed by atoms with Gasteiger partial charge in [0, 0.05) is 0 Å². The van der Waals surface area contributed by atoms with Crippen LogP contribution in [-0.4, -0.2) is 14.2 Å². The van der Waals surface area contributed by atoms with E-state index in [9.17, 15) is 21.6 Å². The van der Waals surface area contributed by atoms with Crippen LogP contribution in [0.1, 0.15) is 33.3 Å². The number of alkyl halides is 3. The molecule has 1 aromatic carbocycles. The summed E-state index contributed by atoms with van der Waals surface area (Å²) in [6, 6.07) is 3.65. The average Bonchev–Trinajstić information content (AvgIpc) is 2.26. The quantitative estimate of drug-likeness (QED) is 0.837. The zero-order chi connectivity index (χ0) is 15.8. The molecule has 0 aromatic heterocycles. The number of hydrogen-bond acceptors (Lipinski definition) is 2. The molecular weight excluding hydrogens is 289 g/mol. The summed E-state index contributed by atoms with van der Waals surface area (Å²) >= 11 is 0. The van der Waals surface area contributed by atoms with E-state index < -0.39 is 27.0 Å². The Morgan fingerprint density at radius 2 is 1.50 bits per heavy atom. The van der Waals surface area contributed by atoms with Crippen molar-refractivity contribution in [3.63, 3.8) is 0 Å². The van der Waals surface area contributed by atoms with Crippen LogP contribution in [0.5, 0.6) is 0 Å². The Bertz CT molecular complexity index is 555. The van der Waals surface area contributed by atoms with Crippen molar-refractivity contribution >= 4 is 9.84 Å². The Morgan fingerprint density at radius 3 is 1.85 bits per heavy atom. The van der Waals surface area contributed by atoms with Gasteiger partial charge in [-0.2, -0.15) is 13.2 Å². The first kappa shape index (κ1) is 17.0. The fraction of sp³-hybridized carbons (Fsp3) is 0.571. The molecule has 0 unspecified atom stereocenters. The van der Waals surface area contributed by atoms with Crippen LogP contribution in [-0.2, 0) is 16.0 Å². The molecular formula is C14H19F3O2S. The SMILES string of the molecule is CC(C)C(C)(C)CS(=O)(=O)c1ccc(C(F)(F)F)cc1. The average molecular weight is 308 g/mol. The third-order valence-electron chi connectivity index (χ3n) is 3.67. The van der Waals surface area contributed by atoms with Crippen LogP contribution >= 0.6 is 0 Å². The first-order valence-electron chi connectivity index (χ1n) is 6.26. The lowest BCUT2D eigenvalue weighted by molar-refractivity contribution is -0.137. The molecule has 0 N–H and O–H groups in total. The number of hydrogen-bond donors (Lipinski definition) is 0. The molecule has 1 aromatic rings. The third-order valence-corrected chi connectivity index (χ3v) is 5.78. The fourth-order valence-electron chi connectivity index (χ4n) is 1.59. The van der Waals surface area contributed by atoms with Crippen LogP contribution in [0.25, 0.3) is 0 Å². The second kappa shape index (κ2) is 5.39. The van der Waals surface area contributed by atoms with E-state index in [0.29, 0.717) is 0 Å². The summed E-state index contributed by atoms with van der Waals surface area (Å²) in [7, 11) is -3.59. The lowest BCUT2D eigenvalue weighted by Gasteiger charge is -2.28. The van der Waals surface area contributed by atoms with Gasteiger partial charge in [0.1, 0.15) is 0 Å². The van der Waals surface area contributed by atoms with Gasteiger partial charge in [-0.1, -0.05) is 27.7 Å². The van der Waals surface area contributed by atoms with Crippen LogP contribution in [0.4, 0.5) is 13.2 Å².